The Morgan fingerprint density at radius 3 is 2.43 bits per heavy atom. The molecule has 0 N–H and O–H groups in total. The molecule has 1 aliphatic carbocycles. The van der Waals surface area contributed by atoms with E-state index in [1.165, 1.54) is 36.0 Å². The molecule has 0 heterocycles. The molecule has 1 rings (SSSR count). The molecule has 1 aliphatic rings. The first-order chi connectivity index (χ1) is 10.8. The van der Waals surface area contributed by atoms with Crippen LogP contribution in [0.5, 0.6) is 0 Å². The Kier molecular flexibility index (Phi) is 7.48. The zero-order valence-electron chi connectivity index (χ0n) is 15.6. The van der Waals surface area contributed by atoms with E-state index in [1.54, 1.807) is 6.08 Å². The zero-order chi connectivity index (χ0) is 17.5. The van der Waals surface area contributed by atoms with Gasteiger partial charge in [0.1, 0.15) is 6.29 Å². The van der Waals surface area contributed by atoms with E-state index < -0.39 is 0 Å². The quantitative estimate of drug-likeness (QED) is 0.317. The van der Waals surface area contributed by atoms with Crippen molar-refractivity contribution in [3.05, 3.63) is 58.7 Å². The summed E-state index contributed by atoms with van der Waals surface area (Å²) >= 11 is 0. The Balaban J connectivity index is 2.84. The summed E-state index contributed by atoms with van der Waals surface area (Å²) in [7, 11) is 0. The van der Waals surface area contributed by atoms with Crippen molar-refractivity contribution in [2.75, 3.05) is 0 Å². The van der Waals surface area contributed by atoms with Crippen LogP contribution < -0.4 is 0 Å². The van der Waals surface area contributed by atoms with E-state index in [0.29, 0.717) is 5.92 Å². The maximum absolute atomic E-state index is 10.6. The highest BCUT2D eigenvalue weighted by Gasteiger charge is 2.26. The maximum atomic E-state index is 10.6. The van der Waals surface area contributed by atoms with Gasteiger partial charge < -0.3 is 0 Å². The summed E-state index contributed by atoms with van der Waals surface area (Å²) in [5, 5.41) is 0. The van der Waals surface area contributed by atoms with Crippen LogP contribution in [0.1, 0.15) is 60.8 Å². The largest absolute Gasteiger partial charge is 0.299 e. The highest BCUT2D eigenvalue weighted by molar-refractivity contribution is 5.67. The van der Waals surface area contributed by atoms with Gasteiger partial charge in [-0.25, -0.2) is 0 Å². The monoisotopic (exact) mass is 312 g/mol. The van der Waals surface area contributed by atoms with E-state index in [4.69, 9.17) is 0 Å². The minimum absolute atomic E-state index is 0.284. The van der Waals surface area contributed by atoms with Crippen LogP contribution in [0.3, 0.4) is 0 Å². The molecule has 23 heavy (non-hydrogen) atoms. The Hall–Kier alpha value is -1.63. The lowest BCUT2D eigenvalue weighted by Crippen LogP contribution is -2.19. The summed E-state index contributed by atoms with van der Waals surface area (Å²) in [6, 6.07) is 0. The van der Waals surface area contributed by atoms with Crippen LogP contribution in [0.2, 0.25) is 0 Å². The van der Waals surface area contributed by atoms with Crippen molar-refractivity contribution < 1.29 is 4.79 Å². The van der Waals surface area contributed by atoms with Gasteiger partial charge in [-0.2, -0.15) is 0 Å². The number of carbonyl (C=O) groups is 1. The molecule has 0 unspecified atom stereocenters. The molecule has 0 aliphatic heterocycles. The lowest BCUT2D eigenvalue weighted by molar-refractivity contribution is -0.104. The van der Waals surface area contributed by atoms with E-state index in [9.17, 15) is 4.79 Å². The van der Waals surface area contributed by atoms with Gasteiger partial charge in [0.2, 0.25) is 0 Å². The van der Waals surface area contributed by atoms with E-state index in [-0.39, 0.29) is 5.41 Å². The smallest absolute Gasteiger partial charge is 0.143 e. The highest BCUT2D eigenvalue weighted by atomic mass is 16.1. The number of carbonyl (C=O) groups excluding carboxylic acids is 1. The van der Waals surface area contributed by atoms with Crippen LogP contribution >= 0.6 is 0 Å². The summed E-state index contributed by atoms with van der Waals surface area (Å²) in [5.74, 6) is 0.358. The SMILES string of the molecule is CC1=C(/C=C/C(C)=C/C=C\C(=C\C=O)C(C)C)C(C)(C)CCC1. The van der Waals surface area contributed by atoms with Crippen molar-refractivity contribution >= 4 is 6.29 Å². The predicted octanol–water partition coefficient (Wildman–Crippen LogP) is 6.35. The lowest BCUT2D eigenvalue weighted by Gasteiger charge is -2.32. The van der Waals surface area contributed by atoms with Crippen molar-refractivity contribution in [3.63, 3.8) is 0 Å². The molecule has 1 nitrogen and oxygen atoms in total. The Bertz CT molecular complexity index is 563. The van der Waals surface area contributed by atoms with Gasteiger partial charge in [-0.05, 0) is 61.7 Å². The third kappa shape index (κ3) is 6.17. The van der Waals surface area contributed by atoms with E-state index >= 15 is 0 Å². The second-order valence-corrected chi connectivity index (χ2v) is 7.49. The fourth-order valence-electron chi connectivity index (χ4n) is 3.11. The molecule has 0 radical (unpaired) electrons. The number of hydrogen-bond donors (Lipinski definition) is 0. The predicted molar refractivity (Wildman–Crippen MR) is 101 cm³/mol. The lowest BCUT2D eigenvalue weighted by atomic mass is 9.72. The molecule has 0 aromatic rings. The molecule has 0 spiro atoms. The fourth-order valence-corrected chi connectivity index (χ4v) is 3.11. The van der Waals surface area contributed by atoms with Gasteiger partial charge in [-0.15, -0.1) is 0 Å². The molecular formula is C22H32O. The molecule has 1 heteroatoms. The first kappa shape index (κ1) is 19.4. The average Bonchev–Trinajstić information content (AvgIpc) is 2.45. The van der Waals surface area contributed by atoms with Gasteiger partial charge >= 0.3 is 0 Å². The first-order valence-electron chi connectivity index (χ1n) is 8.66. The standard InChI is InChI=1S/C22H32O/c1-17(2)20(14-16-23)11-7-9-18(3)12-13-21-19(4)10-8-15-22(21,5)6/h7,9,11-14,16-17H,8,10,15H2,1-6H3/b11-7-,13-12+,18-9+,20-14-. The van der Waals surface area contributed by atoms with Crippen LogP contribution in [-0.2, 0) is 4.79 Å². The molecular weight excluding hydrogens is 280 g/mol. The summed E-state index contributed by atoms with van der Waals surface area (Å²) in [6.07, 6.45) is 16.9. The van der Waals surface area contributed by atoms with Crippen LogP contribution in [-0.4, -0.2) is 6.29 Å². The van der Waals surface area contributed by atoms with Gasteiger partial charge in [0.05, 0.1) is 0 Å². The average molecular weight is 312 g/mol. The minimum atomic E-state index is 0.284. The first-order valence-corrected chi connectivity index (χ1v) is 8.66. The van der Waals surface area contributed by atoms with Gasteiger partial charge in [0.15, 0.2) is 0 Å². The van der Waals surface area contributed by atoms with E-state index in [2.05, 4.69) is 59.8 Å². The summed E-state index contributed by atoms with van der Waals surface area (Å²) in [6.45, 7) is 13.2. The van der Waals surface area contributed by atoms with Gasteiger partial charge in [-0.3, -0.25) is 4.79 Å². The normalized spacial score (nSPS) is 20.1. The Labute approximate surface area is 142 Å². The Morgan fingerprint density at radius 2 is 1.87 bits per heavy atom. The van der Waals surface area contributed by atoms with Crippen LogP contribution in [0.15, 0.2) is 58.7 Å². The second-order valence-electron chi connectivity index (χ2n) is 7.49. The van der Waals surface area contributed by atoms with Crippen molar-refractivity contribution in [1.29, 1.82) is 0 Å². The topological polar surface area (TPSA) is 17.1 Å². The van der Waals surface area contributed by atoms with Crippen molar-refractivity contribution in [2.45, 2.75) is 60.8 Å². The second kappa shape index (κ2) is 8.86. The number of rotatable bonds is 6. The minimum Gasteiger partial charge on any atom is -0.299 e. The molecule has 0 amide bonds. The van der Waals surface area contributed by atoms with Gasteiger partial charge in [0, 0.05) is 0 Å². The highest BCUT2D eigenvalue weighted by Crippen LogP contribution is 2.40. The molecule has 0 saturated carbocycles. The van der Waals surface area contributed by atoms with Gasteiger partial charge in [0.25, 0.3) is 0 Å². The molecule has 126 valence electrons. The number of aldehydes is 1. The van der Waals surface area contributed by atoms with E-state index in [1.807, 2.05) is 12.2 Å². The number of hydrogen-bond acceptors (Lipinski definition) is 1. The van der Waals surface area contributed by atoms with Crippen molar-refractivity contribution in [1.82, 2.24) is 0 Å². The summed E-state index contributed by atoms with van der Waals surface area (Å²) < 4.78 is 0. The molecule has 0 saturated heterocycles. The van der Waals surface area contributed by atoms with Crippen LogP contribution in [0.25, 0.3) is 0 Å². The Morgan fingerprint density at radius 1 is 1.17 bits per heavy atom. The van der Waals surface area contributed by atoms with Gasteiger partial charge in [-0.1, -0.05) is 69.2 Å². The summed E-state index contributed by atoms with van der Waals surface area (Å²) in [4.78, 5) is 10.6. The zero-order valence-corrected chi connectivity index (χ0v) is 15.6. The molecule has 0 fully saturated rings. The van der Waals surface area contributed by atoms with Crippen LogP contribution in [0.4, 0.5) is 0 Å². The third-order valence-corrected chi connectivity index (χ3v) is 4.63. The fraction of sp³-hybridized carbons (Fsp3) is 0.500. The molecule has 0 bridgehead atoms. The maximum Gasteiger partial charge on any atom is 0.143 e. The third-order valence-electron chi connectivity index (χ3n) is 4.63. The molecule has 0 aromatic heterocycles. The van der Waals surface area contributed by atoms with Crippen LogP contribution in [0, 0.1) is 11.3 Å². The van der Waals surface area contributed by atoms with E-state index in [0.717, 1.165) is 11.9 Å². The van der Waals surface area contributed by atoms with Crippen molar-refractivity contribution in [2.24, 2.45) is 11.3 Å². The number of allylic oxidation sites excluding steroid dienone is 10. The molecule has 0 atom stereocenters. The van der Waals surface area contributed by atoms with Crippen molar-refractivity contribution in [3.8, 4) is 0 Å². The summed E-state index contributed by atoms with van der Waals surface area (Å²) in [5.41, 5.74) is 5.57. The molecule has 0 aromatic carbocycles.